The molecule has 0 bridgehead atoms. The molecule has 0 aliphatic rings. The lowest BCUT2D eigenvalue weighted by atomic mass is 10.1. The second-order valence-electron chi connectivity index (χ2n) is 3.37. The smallest absolute Gasteiger partial charge is 0.334 e. The highest BCUT2D eigenvalue weighted by molar-refractivity contribution is 6.66. The highest BCUT2D eigenvalue weighted by Gasteiger charge is 2.31. The molecule has 0 aromatic carbocycles. The monoisotopic (exact) mass is 207 g/mol. The van der Waals surface area contributed by atoms with Gasteiger partial charge in [-0.3, -0.25) is 0 Å². The topological polar surface area (TPSA) is 64.7 Å². The molecule has 80 valence electrons. The Kier molecular flexibility index (Phi) is 6.53. The molecule has 0 aliphatic heterocycles. The second kappa shape index (κ2) is 6.50. The first kappa shape index (κ1) is 13.1. The summed E-state index contributed by atoms with van der Waals surface area (Å²) >= 11 is 0. The molecule has 0 spiro atoms. The second-order valence-corrected chi connectivity index (χ2v) is 6.86. The maximum absolute atomic E-state index is 9.07. The number of hydrogen-bond donors (Lipinski definition) is 2. The van der Waals surface area contributed by atoms with Crippen molar-refractivity contribution in [3.8, 4) is 0 Å². The molecule has 0 aromatic rings. The van der Waals surface area contributed by atoms with E-state index in [9.17, 15) is 0 Å². The summed E-state index contributed by atoms with van der Waals surface area (Å²) in [5.41, 5.74) is 5.43. The van der Waals surface area contributed by atoms with Crippen LogP contribution in [-0.2, 0) is 8.85 Å². The van der Waals surface area contributed by atoms with E-state index in [-0.39, 0.29) is 12.5 Å². The predicted molar refractivity (Wildman–Crippen MR) is 54.7 cm³/mol. The van der Waals surface area contributed by atoms with E-state index in [0.717, 1.165) is 12.5 Å². The molecule has 0 saturated carbocycles. The Morgan fingerprint density at radius 3 is 2.23 bits per heavy atom. The van der Waals surface area contributed by atoms with E-state index < -0.39 is 8.56 Å². The van der Waals surface area contributed by atoms with Gasteiger partial charge >= 0.3 is 8.56 Å². The number of aliphatic hydroxyl groups excluding tert-OH is 1. The molecule has 0 rings (SSSR count). The zero-order valence-electron chi connectivity index (χ0n) is 8.75. The van der Waals surface area contributed by atoms with Gasteiger partial charge in [-0.05, 0) is 31.5 Å². The number of rotatable bonds is 7. The molecule has 0 fully saturated rings. The van der Waals surface area contributed by atoms with Crippen LogP contribution in [0.2, 0.25) is 12.6 Å². The summed E-state index contributed by atoms with van der Waals surface area (Å²) in [6.07, 6.45) is 0.825. The number of aliphatic hydroxyl groups is 1. The number of nitrogens with two attached hydrogens (primary N) is 1. The molecule has 0 amide bonds. The van der Waals surface area contributed by atoms with Crippen LogP contribution in [0.15, 0.2) is 0 Å². The fourth-order valence-corrected chi connectivity index (χ4v) is 3.15. The fourth-order valence-electron chi connectivity index (χ4n) is 1.27. The Balaban J connectivity index is 4.02. The first-order valence-corrected chi connectivity index (χ1v) is 7.05. The summed E-state index contributed by atoms with van der Waals surface area (Å²) in [5, 5.41) is 9.07. The molecule has 3 N–H and O–H groups in total. The van der Waals surface area contributed by atoms with Gasteiger partial charge < -0.3 is 19.7 Å². The van der Waals surface area contributed by atoms with Crippen molar-refractivity contribution >= 4 is 8.56 Å². The molecule has 5 heteroatoms. The summed E-state index contributed by atoms with van der Waals surface area (Å²) in [4.78, 5) is 0. The molecule has 13 heavy (non-hydrogen) atoms. The third-order valence-electron chi connectivity index (χ3n) is 2.36. The van der Waals surface area contributed by atoms with Crippen molar-refractivity contribution in [2.45, 2.75) is 19.0 Å². The van der Waals surface area contributed by atoms with Crippen molar-refractivity contribution in [1.29, 1.82) is 0 Å². The van der Waals surface area contributed by atoms with Crippen LogP contribution >= 0.6 is 0 Å². The zero-order valence-corrected chi connectivity index (χ0v) is 9.75. The van der Waals surface area contributed by atoms with E-state index in [4.69, 9.17) is 19.7 Å². The largest absolute Gasteiger partial charge is 0.398 e. The van der Waals surface area contributed by atoms with Gasteiger partial charge in [0.2, 0.25) is 0 Å². The van der Waals surface area contributed by atoms with Gasteiger partial charge in [0.25, 0.3) is 0 Å². The van der Waals surface area contributed by atoms with Crippen molar-refractivity contribution in [2.24, 2.45) is 11.7 Å². The quantitative estimate of drug-likeness (QED) is 0.590. The molecule has 1 atom stereocenters. The average molecular weight is 207 g/mol. The average Bonchev–Trinajstić information content (AvgIpc) is 2.17. The first-order chi connectivity index (χ1) is 6.11. The van der Waals surface area contributed by atoms with Gasteiger partial charge in [0.15, 0.2) is 0 Å². The minimum absolute atomic E-state index is 0.159. The van der Waals surface area contributed by atoms with Crippen LogP contribution in [0.1, 0.15) is 6.42 Å². The van der Waals surface area contributed by atoms with Crippen LogP contribution in [0.3, 0.4) is 0 Å². The Morgan fingerprint density at radius 2 is 1.92 bits per heavy atom. The minimum Gasteiger partial charge on any atom is -0.398 e. The molecule has 4 nitrogen and oxygen atoms in total. The van der Waals surface area contributed by atoms with Crippen molar-refractivity contribution in [3.63, 3.8) is 0 Å². The highest BCUT2D eigenvalue weighted by atomic mass is 28.4. The SMILES string of the molecule is CO[Si](C)(CC(CO)CCN)OC. The molecule has 0 heterocycles. The molecule has 0 saturated heterocycles. The Morgan fingerprint density at radius 1 is 1.38 bits per heavy atom. The lowest BCUT2D eigenvalue weighted by Gasteiger charge is -2.26. The third-order valence-corrected chi connectivity index (χ3v) is 5.40. The van der Waals surface area contributed by atoms with Gasteiger partial charge in [-0.25, -0.2) is 0 Å². The van der Waals surface area contributed by atoms with Crippen molar-refractivity contribution in [2.75, 3.05) is 27.4 Å². The highest BCUT2D eigenvalue weighted by Crippen LogP contribution is 2.20. The van der Waals surface area contributed by atoms with Crippen LogP contribution in [0.25, 0.3) is 0 Å². The third kappa shape index (κ3) is 4.73. The van der Waals surface area contributed by atoms with E-state index in [0.29, 0.717) is 6.54 Å². The minimum atomic E-state index is -2.03. The van der Waals surface area contributed by atoms with Crippen LogP contribution in [0.5, 0.6) is 0 Å². The maximum atomic E-state index is 9.07. The van der Waals surface area contributed by atoms with Gasteiger partial charge in [0, 0.05) is 20.8 Å². The van der Waals surface area contributed by atoms with E-state index >= 15 is 0 Å². The van der Waals surface area contributed by atoms with Crippen LogP contribution in [-0.4, -0.2) is 41.0 Å². The molecular weight excluding hydrogens is 186 g/mol. The van der Waals surface area contributed by atoms with E-state index in [2.05, 4.69) is 0 Å². The van der Waals surface area contributed by atoms with Gasteiger partial charge in [-0.15, -0.1) is 0 Å². The van der Waals surface area contributed by atoms with Crippen LogP contribution < -0.4 is 5.73 Å². The Labute approximate surface area is 81.3 Å². The van der Waals surface area contributed by atoms with Crippen LogP contribution in [0.4, 0.5) is 0 Å². The standard InChI is InChI=1S/C8H21NO3Si/c1-11-13(3,12-2)7-8(6-10)4-5-9/h8,10H,4-7,9H2,1-3H3. The Hall–Kier alpha value is 0.0569. The van der Waals surface area contributed by atoms with E-state index in [1.165, 1.54) is 0 Å². The van der Waals surface area contributed by atoms with Gasteiger partial charge in [0.05, 0.1) is 0 Å². The summed E-state index contributed by atoms with van der Waals surface area (Å²) in [6, 6.07) is 0.799. The normalized spacial score (nSPS) is 14.5. The van der Waals surface area contributed by atoms with Gasteiger partial charge in [-0.1, -0.05) is 0 Å². The summed E-state index contributed by atoms with van der Waals surface area (Å²) in [7, 11) is 1.28. The van der Waals surface area contributed by atoms with Crippen molar-refractivity contribution in [1.82, 2.24) is 0 Å². The van der Waals surface area contributed by atoms with Crippen molar-refractivity contribution in [3.05, 3.63) is 0 Å². The fraction of sp³-hybridized carbons (Fsp3) is 1.00. The first-order valence-electron chi connectivity index (χ1n) is 4.53. The van der Waals surface area contributed by atoms with Crippen LogP contribution in [0, 0.1) is 5.92 Å². The lowest BCUT2D eigenvalue weighted by molar-refractivity contribution is 0.200. The number of hydrogen-bond acceptors (Lipinski definition) is 4. The predicted octanol–water partition coefficient (Wildman–Crippen LogP) is 0.309. The Bertz CT molecular complexity index is 131. The molecule has 0 aliphatic carbocycles. The molecule has 0 aromatic heterocycles. The van der Waals surface area contributed by atoms with Gasteiger partial charge in [-0.2, -0.15) is 0 Å². The van der Waals surface area contributed by atoms with Gasteiger partial charge in [0.1, 0.15) is 0 Å². The summed E-state index contributed by atoms with van der Waals surface area (Å²) in [5.74, 6) is 0.210. The van der Waals surface area contributed by atoms with Crippen molar-refractivity contribution < 1.29 is 14.0 Å². The van der Waals surface area contributed by atoms with E-state index in [1.54, 1.807) is 14.2 Å². The molecule has 0 radical (unpaired) electrons. The van der Waals surface area contributed by atoms with E-state index in [1.807, 2.05) is 6.55 Å². The molecule has 1 unspecified atom stereocenters. The lowest BCUT2D eigenvalue weighted by Crippen LogP contribution is -2.39. The zero-order chi connectivity index (χ0) is 10.3. The molecular formula is C8H21NO3Si. The summed E-state index contributed by atoms with van der Waals surface area (Å²) < 4.78 is 10.7. The summed E-state index contributed by atoms with van der Waals surface area (Å²) in [6.45, 7) is 2.75. The maximum Gasteiger partial charge on any atom is 0.334 e.